The Bertz CT molecular complexity index is 1260. The van der Waals surface area contributed by atoms with E-state index in [4.69, 9.17) is 4.74 Å². The molecule has 42 heavy (non-hydrogen) atoms. The van der Waals surface area contributed by atoms with Gasteiger partial charge in [0.05, 0.1) is 0 Å². The Morgan fingerprint density at radius 1 is 0.833 bits per heavy atom. The Labute approximate surface area is 251 Å². The molecule has 2 aliphatic rings. The van der Waals surface area contributed by atoms with E-state index in [1.54, 1.807) is 0 Å². The second-order valence-electron chi connectivity index (χ2n) is 11.9. The van der Waals surface area contributed by atoms with E-state index < -0.39 is 0 Å². The number of carbonyl (C=O) groups excluding carboxylic acids is 2. The number of carbonyl (C=O) groups is 2. The summed E-state index contributed by atoms with van der Waals surface area (Å²) < 4.78 is 5.72. The molecule has 1 unspecified atom stereocenters. The molecular formula is C36H45N3O3. The Kier molecular flexibility index (Phi) is 10.3. The molecule has 6 nitrogen and oxygen atoms in total. The Morgan fingerprint density at radius 3 is 2.10 bits per heavy atom. The lowest BCUT2D eigenvalue weighted by Crippen LogP contribution is -2.48. The first-order chi connectivity index (χ1) is 20.5. The molecule has 6 heteroatoms. The molecule has 0 N–H and O–H groups in total. The van der Waals surface area contributed by atoms with E-state index in [2.05, 4.69) is 42.2 Å². The summed E-state index contributed by atoms with van der Waals surface area (Å²) >= 11 is 0. The molecule has 222 valence electrons. The lowest BCUT2D eigenvalue weighted by atomic mass is 9.88. The number of piperidine rings is 1. The van der Waals surface area contributed by atoms with E-state index in [9.17, 15) is 9.59 Å². The number of benzene rings is 3. The normalized spacial score (nSPS) is 21.1. The molecule has 0 radical (unpaired) electrons. The maximum atomic E-state index is 13.3. The van der Waals surface area contributed by atoms with E-state index in [0.717, 1.165) is 69.4 Å². The van der Waals surface area contributed by atoms with Gasteiger partial charge in [0.15, 0.2) is 0 Å². The van der Waals surface area contributed by atoms with Gasteiger partial charge in [0.1, 0.15) is 6.61 Å². The molecule has 1 heterocycles. The minimum Gasteiger partial charge on any atom is -0.445 e. The van der Waals surface area contributed by atoms with Gasteiger partial charge in [0.25, 0.3) is 5.91 Å². The van der Waals surface area contributed by atoms with Crippen molar-refractivity contribution in [3.05, 3.63) is 108 Å². The summed E-state index contributed by atoms with van der Waals surface area (Å²) in [6.07, 6.45) is 4.61. The van der Waals surface area contributed by atoms with Gasteiger partial charge in [-0.15, -0.1) is 0 Å². The molecule has 2 fully saturated rings. The van der Waals surface area contributed by atoms with Crippen LogP contribution in [0.3, 0.4) is 0 Å². The summed E-state index contributed by atoms with van der Waals surface area (Å²) in [5.41, 5.74) is 3.13. The summed E-state index contributed by atoms with van der Waals surface area (Å²) in [5.74, 6) is 0.996. The van der Waals surface area contributed by atoms with Crippen molar-refractivity contribution in [1.29, 1.82) is 0 Å². The summed E-state index contributed by atoms with van der Waals surface area (Å²) in [5, 5.41) is 0. The van der Waals surface area contributed by atoms with Crippen molar-refractivity contribution >= 4 is 12.0 Å². The van der Waals surface area contributed by atoms with Gasteiger partial charge in [-0.25, -0.2) is 4.79 Å². The highest BCUT2D eigenvalue weighted by atomic mass is 16.6. The van der Waals surface area contributed by atoms with Crippen molar-refractivity contribution in [3.8, 4) is 0 Å². The second kappa shape index (κ2) is 14.5. The molecule has 5 rings (SSSR count). The largest absolute Gasteiger partial charge is 0.445 e. The number of hydrogen-bond donors (Lipinski definition) is 0. The molecule has 0 spiro atoms. The van der Waals surface area contributed by atoms with Gasteiger partial charge in [-0.1, -0.05) is 85.8 Å². The molecule has 1 saturated carbocycles. The number of rotatable bonds is 10. The quantitative estimate of drug-likeness (QED) is 0.269. The SMILES string of the molecule is CCCN(C(=O)OCc1ccccc1)C1CCN(C[C@H]2CC(N(C)C(=O)c3ccccc3)C[C@@H]2c2ccccc2)CC1. The minimum absolute atomic E-state index is 0.101. The van der Waals surface area contributed by atoms with Crippen molar-refractivity contribution in [2.24, 2.45) is 5.92 Å². The van der Waals surface area contributed by atoms with Crippen LogP contribution in [0.2, 0.25) is 0 Å². The van der Waals surface area contributed by atoms with Gasteiger partial charge < -0.3 is 19.4 Å². The number of amides is 2. The van der Waals surface area contributed by atoms with Gasteiger partial charge >= 0.3 is 6.09 Å². The number of likely N-dealkylation sites (tertiary alicyclic amines) is 1. The number of hydrogen-bond acceptors (Lipinski definition) is 4. The summed E-state index contributed by atoms with van der Waals surface area (Å²) in [4.78, 5) is 32.9. The van der Waals surface area contributed by atoms with Crippen molar-refractivity contribution in [1.82, 2.24) is 14.7 Å². The highest BCUT2D eigenvalue weighted by molar-refractivity contribution is 5.94. The van der Waals surface area contributed by atoms with Crippen LogP contribution < -0.4 is 0 Å². The first-order valence-electron chi connectivity index (χ1n) is 15.6. The standard InChI is InChI=1S/C36H45N3O3/c1-3-21-39(36(41)42-27-28-13-7-4-8-14-28)32-19-22-38(23-20-32)26-31-24-33(25-34(31)29-15-9-5-10-16-29)37(2)35(40)30-17-11-6-12-18-30/h4-18,31-34H,3,19-27H2,1-2H3/t31-,33?,34-/m1/s1. The molecule has 1 saturated heterocycles. The fourth-order valence-electron chi connectivity index (χ4n) is 6.88. The van der Waals surface area contributed by atoms with E-state index in [-0.39, 0.29) is 24.1 Å². The van der Waals surface area contributed by atoms with Crippen LogP contribution in [0.1, 0.15) is 66.4 Å². The molecular weight excluding hydrogens is 522 g/mol. The first-order valence-corrected chi connectivity index (χ1v) is 15.6. The van der Waals surface area contributed by atoms with Crippen molar-refractivity contribution in [3.63, 3.8) is 0 Å². The average Bonchev–Trinajstić information content (AvgIpc) is 3.47. The zero-order valence-corrected chi connectivity index (χ0v) is 25.1. The molecule has 1 aliphatic carbocycles. The van der Waals surface area contributed by atoms with E-state index in [1.807, 2.05) is 77.5 Å². The lowest BCUT2D eigenvalue weighted by Gasteiger charge is -2.39. The Morgan fingerprint density at radius 2 is 1.45 bits per heavy atom. The zero-order chi connectivity index (χ0) is 29.3. The average molecular weight is 568 g/mol. The minimum atomic E-state index is -0.201. The van der Waals surface area contributed by atoms with Crippen molar-refractivity contribution < 1.29 is 14.3 Å². The van der Waals surface area contributed by atoms with Crippen LogP contribution in [0, 0.1) is 5.92 Å². The highest BCUT2D eigenvalue weighted by Crippen LogP contribution is 2.42. The fraction of sp³-hybridized carbons (Fsp3) is 0.444. The first kappa shape index (κ1) is 29.8. The lowest BCUT2D eigenvalue weighted by molar-refractivity contribution is 0.0572. The summed E-state index contributed by atoms with van der Waals surface area (Å²) in [6.45, 7) is 6.11. The predicted octanol–water partition coefficient (Wildman–Crippen LogP) is 6.83. The molecule has 1 aliphatic heterocycles. The third-order valence-electron chi connectivity index (χ3n) is 9.18. The Hall–Kier alpha value is -3.64. The molecule has 0 bridgehead atoms. The fourth-order valence-corrected chi connectivity index (χ4v) is 6.88. The van der Waals surface area contributed by atoms with Gasteiger partial charge in [-0.2, -0.15) is 0 Å². The summed E-state index contributed by atoms with van der Waals surface area (Å²) in [6, 6.07) is 30.8. The molecule has 3 atom stereocenters. The van der Waals surface area contributed by atoms with Crippen LogP contribution in [0.5, 0.6) is 0 Å². The number of ether oxygens (including phenoxy) is 1. The molecule has 3 aromatic carbocycles. The van der Waals surface area contributed by atoms with E-state index >= 15 is 0 Å². The van der Waals surface area contributed by atoms with E-state index in [1.165, 1.54) is 5.56 Å². The van der Waals surface area contributed by atoms with Crippen LogP contribution in [0.25, 0.3) is 0 Å². The third kappa shape index (κ3) is 7.40. The maximum Gasteiger partial charge on any atom is 0.410 e. The van der Waals surface area contributed by atoms with Crippen LogP contribution in [0.15, 0.2) is 91.0 Å². The second-order valence-corrected chi connectivity index (χ2v) is 11.9. The molecule has 2 amide bonds. The number of nitrogens with zero attached hydrogens (tertiary/aromatic N) is 3. The van der Waals surface area contributed by atoms with Gasteiger partial charge in [-0.05, 0) is 67.2 Å². The third-order valence-corrected chi connectivity index (χ3v) is 9.18. The van der Waals surface area contributed by atoms with Crippen LogP contribution in [-0.4, -0.2) is 72.0 Å². The molecule has 3 aromatic rings. The predicted molar refractivity (Wildman–Crippen MR) is 167 cm³/mol. The van der Waals surface area contributed by atoms with Crippen LogP contribution in [0.4, 0.5) is 4.79 Å². The zero-order valence-electron chi connectivity index (χ0n) is 25.1. The monoisotopic (exact) mass is 567 g/mol. The van der Waals surface area contributed by atoms with E-state index in [0.29, 0.717) is 18.4 Å². The maximum absolute atomic E-state index is 13.3. The van der Waals surface area contributed by atoms with Gasteiger partial charge in [-0.3, -0.25) is 4.79 Å². The van der Waals surface area contributed by atoms with Gasteiger partial charge in [0, 0.05) is 50.9 Å². The van der Waals surface area contributed by atoms with Gasteiger partial charge in [0.2, 0.25) is 0 Å². The van der Waals surface area contributed by atoms with Crippen LogP contribution in [-0.2, 0) is 11.3 Å². The smallest absolute Gasteiger partial charge is 0.410 e. The highest BCUT2D eigenvalue weighted by Gasteiger charge is 2.40. The van der Waals surface area contributed by atoms with Crippen molar-refractivity contribution in [2.45, 2.75) is 63.6 Å². The topological polar surface area (TPSA) is 53.1 Å². The van der Waals surface area contributed by atoms with Crippen molar-refractivity contribution in [2.75, 3.05) is 33.2 Å². The summed E-state index contributed by atoms with van der Waals surface area (Å²) in [7, 11) is 1.97. The molecule has 0 aromatic heterocycles. The van der Waals surface area contributed by atoms with Crippen LogP contribution >= 0.6 is 0 Å². The Balaban J connectivity index is 1.20.